The van der Waals surface area contributed by atoms with Gasteiger partial charge < -0.3 is 10.2 Å². The topological polar surface area (TPSA) is 80.7 Å². The lowest BCUT2D eigenvalue weighted by atomic mass is 10.4. The molecule has 68 valence electrons. The zero-order valence-corrected chi connectivity index (χ0v) is 7.24. The van der Waals surface area contributed by atoms with Crippen molar-refractivity contribution >= 4 is 0 Å². The van der Waals surface area contributed by atoms with Crippen LogP contribution in [0.2, 0.25) is 0 Å². The number of aromatic amines is 1. The molecule has 0 spiro atoms. The summed E-state index contributed by atoms with van der Waals surface area (Å²) in [4.78, 5) is 4.13. The highest BCUT2D eigenvalue weighted by molar-refractivity contribution is 5.46. The maximum Gasteiger partial charge on any atom is 0.216 e. The number of H-pyrrole nitrogens is 1. The number of nitrogens with zero attached hydrogens (tertiary/aromatic N) is 2. The molecule has 3 N–H and O–H groups in total. The monoisotopic (exact) mass is 178 g/mol. The zero-order chi connectivity index (χ0) is 9.26. The standard InChI is InChI=1S/C8H10N4O/c1-5-10-8(12-11-5)7-3-2-6(4-9)13-7/h2-3H,4,9H2,1H3,(H,10,11,12). The van der Waals surface area contributed by atoms with Gasteiger partial charge in [-0.2, -0.15) is 5.10 Å². The van der Waals surface area contributed by atoms with Crippen LogP contribution in [0.25, 0.3) is 11.6 Å². The number of hydrogen-bond donors (Lipinski definition) is 2. The van der Waals surface area contributed by atoms with Crippen LogP contribution in [0.1, 0.15) is 11.6 Å². The first-order chi connectivity index (χ1) is 6.29. The van der Waals surface area contributed by atoms with Crippen LogP contribution in [0.3, 0.4) is 0 Å². The highest BCUT2D eigenvalue weighted by Crippen LogP contribution is 2.17. The molecule has 0 saturated carbocycles. The molecule has 5 nitrogen and oxygen atoms in total. The minimum absolute atomic E-state index is 0.392. The lowest BCUT2D eigenvalue weighted by Crippen LogP contribution is -1.92. The second-order valence-corrected chi connectivity index (χ2v) is 2.71. The third-order valence-electron chi connectivity index (χ3n) is 1.68. The first-order valence-corrected chi connectivity index (χ1v) is 3.98. The van der Waals surface area contributed by atoms with E-state index in [0.29, 0.717) is 18.1 Å². The Balaban J connectivity index is 2.35. The summed E-state index contributed by atoms with van der Waals surface area (Å²) < 4.78 is 5.36. The largest absolute Gasteiger partial charge is 0.456 e. The lowest BCUT2D eigenvalue weighted by molar-refractivity contribution is 0.522. The van der Waals surface area contributed by atoms with Gasteiger partial charge in [-0.3, -0.25) is 5.10 Å². The molecule has 0 atom stereocenters. The average Bonchev–Trinajstić information content (AvgIpc) is 2.71. The second-order valence-electron chi connectivity index (χ2n) is 2.71. The van der Waals surface area contributed by atoms with Crippen LogP contribution in [0.5, 0.6) is 0 Å². The number of aromatic nitrogens is 3. The summed E-state index contributed by atoms with van der Waals surface area (Å²) in [6.07, 6.45) is 0. The Morgan fingerprint density at radius 1 is 1.54 bits per heavy atom. The van der Waals surface area contributed by atoms with E-state index in [1.807, 2.05) is 19.1 Å². The van der Waals surface area contributed by atoms with Gasteiger partial charge in [0.15, 0.2) is 5.76 Å². The van der Waals surface area contributed by atoms with Gasteiger partial charge >= 0.3 is 0 Å². The van der Waals surface area contributed by atoms with Crippen molar-refractivity contribution in [3.8, 4) is 11.6 Å². The van der Waals surface area contributed by atoms with E-state index in [4.69, 9.17) is 10.2 Å². The molecule has 0 aliphatic rings. The van der Waals surface area contributed by atoms with Crippen molar-refractivity contribution in [3.63, 3.8) is 0 Å². The molecule has 0 bridgehead atoms. The molecule has 0 aliphatic carbocycles. The number of nitrogens with one attached hydrogen (secondary N) is 1. The number of rotatable bonds is 2. The summed E-state index contributed by atoms with van der Waals surface area (Å²) in [5, 5.41) is 6.70. The van der Waals surface area contributed by atoms with E-state index in [0.717, 1.165) is 11.6 Å². The van der Waals surface area contributed by atoms with Gasteiger partial charge in [0.05, 0.1) is 6.54 Å². The van der Waals surface area contributed by atoms with E-state index >= 15 is 0 Å². The third-order valence-corrected chi connectivity index (χ3v) is 1.68. The van der Waals surface area contributed by atoms with E-state index < -0.39 is 0 Å². The Bertz CT molecular complexity index is 404. The minimum Gasteiger partial charge on any atom is -0.456 e. The van der Waals surface area contributed by atoms with Crippen LogP contribution in [0.4, 0.5) is 0 Å². The van der Waals surface area contributed by atoms with Crippen LogP contribution in [0.15, 0.2) is 16.5 Å². The van der Waals surface area contributed by atoms with Crippen LogP contribution in [-0.4, -0.2) is 15.2 Å². The maximum atomic E-state index is 5.40. The van der Waals surface area contributed by atoms with Crippen LogP contribution >= 0.6 is 0 Å². The molecule has 2 heterocycles. The Kier molecular flexibility index (Phi) is 1.86. The third kappa shape index (κ3) is 1.46. The molecule has 13 heavy (non-hydrogen) atoms. The number of hydrogen-bond acceptors (Lipinski definition) is 4. The highest BCUT2D eigenvalue weighted by Gasteiger charge is 2.07. The highest BCUT2D eigenvalue weighted by atomic mass is 16.3. The van der Waals surface area contributed by atoms with Crippen molar-refractivity contribution in [2.45, 2.75) is 13.5 Å². The molecule has 2 aromatic heterocycles. The summed E-state index contributed by atoms with van der Waals surface area (Å²) in [5.41, 5.74) is 5.40. The van der Waals surface area contributed by atoms with Gasteiger partial charge in [0.1, 0.15) is 11.6 Å². The molecule has 2 rings (SSSR count). The number of nitrogens with two attached hydrogens (primary N) is 1. The van der Waals surface area contributed by atoms with Gasteiger partial charge in [0.2, 0.25) is 5.82 Å². The number of aryl methyl sites for hydroxylation is 1. The van der Waals surface area contributed by atoms with Gasteiger partial charge in [-0.15, -0.1) is 0 Å². The molecular weight excluding hydrogens is 168 g/mol. The fourth-order valence-corrected chi connectivity index (χ4v) is 1.06. The first-order valence-electron chi connectivity index (χ1n) is 3.98. The fraction of sp³-hybridized carbons (Fsp3) is 0.250. The summed E-state index contributed by atoms with van der Waals surface area (Å²) in [6, 6.07) is 3.63. The Labute approximate surface area is 75.0 Å². The SMILES string of the molecule is Cc1nc(-c2ccc(CN)o2)n[nH]1. The summed E-state index contributed by atoms with van der Waals surface area (Å²) in [6.45, 7) is 2.23. The molecule has 5 heteroatoms. The van der Waals surface area contributed by atoms with E-state index in [2.05, 4.69) is 15.2 Å². The van der Waals surface area contributed by atoms with Crippen LogP contribution in [-0.2, 0) is 6.54 Å². The van der Waals surface area contributed by atoms with E-state index in [1.165, 1.54) is 0 Å². The van der Waals surface area contributed by atoms with E-state index in [1.54, 1.807) is 0 Å². The van der Waals surface area contributed by atoms with Gasteiger partial charge in [0.25, 0.3) is 0 Å². The molecule has 0 unspecified atom stereocenters. The fourth-order valence-electron chi connectivity index (χ4n) is 1.06. The summed E-state index contributed by atoms with van der Waals surface area (Å²) >= 11 is 0. The molecule has 2 aromatic rings. The predicted octanol–water partition coefficient (Wildman–Crippen LogP) is 0.832. The lowest BCUT2D eigenvalue weighted by Gasteiger charge is -1.87. The van der Waals surface area contributed by atoms with Crippen LogP contribution < -0.4 is 5.73 Å². The van der Waals surface area contributed by atoms with E-state index in [-0.39, 0.29) is 0 Å². The predicted molar refractivity (Wildman–Crippen MR) is 46.7 cm³/mol. The maximum absolute atomic E-state index is 5.40. The number of furan rings is 1. The second kappa shape index (κ2) is 3.02. The smallest absolute Gasteiger partial charge is 0.216 e. The minimum atomic E-state index is 0.392. The Morgan fingerprint density at radius 2 is 2.38 bits per heavy atom. The Hall–Kier alpha value is -1.62. The molecule has 0 aromatic carbocycles. The van der Waals surface area contributed by atoms with Crippen molar-refractivity contribution in [1.82, 2.24) is 15.2 Å². The molecule has 0 fully saturated rings. The average molecular weight is 178 g/mol. The normalized spacial score (nSPS) is 10.6. The van der Waals surface area contributed by atoms with Crippen molar-refractivity contribution in [3.05, 3.63) is 23.7 Å². The zero-order valence-electron chi connectivity index (χ0n) is 7.24. The van der Waals surface area contributed by atoms with Crippen molar-refractivity contribution in [2.75, 3.05) is 0 Å². The molecular formula is C8H10N4O. The van der Waals surface area contributed by atoms with Crippen LogP contribution in [0, 0.1) is 6.92 Å². The van der Waals surface area contributed by atoms with Crippen molar-refractivity contribution < 1.29 is 4.42 Å². The molecule has 0 aliphatic heterocycles. The van der Waals surface area contributed by atoms with Crippen molar-refractivity contribution in [1.29, 1.82) is 0 Å². The summed E-state index contributed by atoms with van der Waals surface area (Å²) in [5.74, 6) is 2.71. The molecule has 0 amide bonds. The van der Waals surface area contributed by atoms with Gasteiger partial charge in [-0.05, 0) is 19.1 Å². The Morgan fingerprint density at radius 3 is 2.92 bits per heavy atom. The quantitative estimate of drug-likeness (QED) is 0.713. The summed E-state index contributed by atoms with van der Waals surface area (Å²) in [7, 11) is 0. The van der Waals surface area contributed by atoms with Gasteiger partial charge in [-0.1, -0.05) is 0 Å². The van der Waals surface area contributed by atoms with Gasteiger partial charge in [0, 0.05) is 0 Å². The first kappa shape index (κ1) is 8.00. The van der Waals surface area contributed by atoms with Gasteiger partial charge in [-0.25, -0.2) is 4.98 Å². The van der Waals surface area contributed by atoms with E-state index in [9.17, 15) is 0 Å². The molecule has 0 saturated heterocycles. The molecule has 0 radical (unpaired) electrons. The van der Waals surface area contributed by atoms with Crippen molar-refractivity contribution in [2.24, 2.45) is 5.73 Å².